The number of rotatable bonds is 7. The number of unbranched alkanes of at least 4 members (excludes halogenated alkanes) is 1. The van der Waals surface area contributed by atoms with E-state index >= 15 is 0 Å². The number of halogens is 2. The average molecular weight is 438 g/mol. The summed E-state index contributed by atoms with van der Waals surface area (Å²) in [7, 11) is 3.30. The number of nitrogens with one attached hydrogen (secondary N) is 1. The molecule has 0 fully saturated rings. The van der Waals surface area contributed by atoms with Gasteiger partial charge in [-0.15, -0.1) is 0 Å². The number of aromatic nitrogens is 1. The van der Waals surface area contributed by atoms with Gasteiger partial charge in [-0.25, -0.2) is 0 Å². The summed E-state index contributed by atoms with van der Waals surface area (Å²) < 4.78 is 12.1. The number of methoxy groups -OCH3 is 2. The molecule has 0 saturated carbocycles. The van der Waals surface area contributed by atoms with Crippen LogP contribution in [0.1, 0.15) is 18.4 Å². The van der Waals surface area contributed by atoms with Crippen LogP contribution in [-0.2, 0) is 6.42 Å². The van der Waals surface area contributed by atoms with E-state index in [1.54, 1.807) is 14.2 Å². The molecule has 0 bridgehead atoms. The first kappa shape index (κ1) is 19.1. The average Bonchev–Trinajstić information content (AvgIpc) is 3.00. The van der Waals surface area contributed by atoms with Gasteiger partial charge in [0.15, 0.2) is 11.5 Å². The molecule has 1 heterocycles. The van der Waals surface area contributed by atoms with Crippen LogP contribution in [0.5, 0.6) is 11.5 Å². The quantitative estimate of drug-likeness (QED) is 0.476. The second kappa shape index (κ2) is 8.33. The van der Waals surface area contributed by atoms with E-state index in [-0.39, 0.29) is 0 Å². The zero-order valence-electron chi connectivity index (χ0n) is 14.9. The predicted octanol–water partition coefficient (Wildman–Crippen LogP) is 5.55. The number of ether oxygens (including phenoxy) is 2. The SMILES string of the molecule is COc1cccc(-c2[nH]c3c(Br)cc(Cl)cc3c2CCCCN)c1OC. The largest absolute Gasteiger partial charge is 0.493 e. The first-order valence-corrected chi connectivity index (χ1v) is 9.68. The summed E-state index contributed by atoms with van der Waals surface area (Å²) in [4.78, 5) is 3.56. The number of hydrogen-bond acceptors (Lipinski definition) is 3. The molecule has 3 rings (SSSR count). The van der Waals surface area contributed by atoms with Crippen molar-refractivity contribution in [3.8, 4) is 22.8 Å². The van der Waals surface area contributed by atoms with E-state index in [1.165, 1.54) is 5.56 Å². The van der Waals surface area contributed by atoms with E-state index in [1.807, 2.05) is 30.3 Å². The zero-order chi connectivity index (χ0) is 18.7. The minimum absolute atomic E-state index is 0.685. The maximum Gasteiger partial charge on any atom is 0.170 e. The lowest BCUT2D eigenvalue weighted by Crippen LogP contribution is -2.00. The first-order valence-electron chi connectivity index (χ1n) is 8.51. The van der Waals surface area contributed by atoms with Crippen LogP contribution in [0, 0.1) is 0 Å². The van der Waals surface area contributed by atoms with Crippen molar-refractivity contribution in [3.63, 3.8) is 0 Å². The van der Waals surface area contributed by atoms with Gasteiger partial charge in [0.2, 0.25) is 0 Å². The van der Waals surface area contributed by atoms with Crippen LogP contribution in [-0.4, -0.2) is 25.7 Å². The standard InChI is InChI=1S/C20H22BrClN2O2/c1-25-17-8-5-7-14(20(17)26-2)18-13(6-3-4-9-23)15-10-12(22)11-16(21)19(15)24-18/h5,7-8,10-11,24H,3-4,6,9,23H2,1-2H3. The van der Waals surface area contributed by atoms with Crippen LogP contribution in [0.25, 0.3) is 22.2 Å². The van der Waals surface area contributed by atoms with Gasteiger partial charge in [-0.1, -0.05) is 17.7 Å². The molecule has 3 N–H and O–H groups in total. The molecular weight excluding hydrogens is 416 g/mol. The highest BCUT2D eigenvalue weighted by Gasteiger charge is 2.20. The van der Waals surface area contributed by atoms with Crippen LogP contribution in [0.4, 0.5) is 0 Å². The monoisotopic (exact) mass is 436 g/mol. The summed E-state index contributed by atoms with van der Waals surface area (Å²) in [6.07, 6.45) is 2.88. The molecule has 1 aromatic heterocycles. The molecule has 0 unspecified atom stereocenters. The summed E-state index contributed by atoms with van der Waals surface area (Å²) in [6.45, 7) is 0.685. The molecule has 26 heavy (non-hydrogen) atoms. The molecule has 0 aliphatic heterocycles. The van der Waals surface area contributed by atoms with Gasteiger partial charge in [0, 0.05) is 20.4 Å². The number of nitrogens with two attached hydrogens (primary N) is 1. The molecule has 2 aromatic carbocycles. The van der Waals surface area contributed by atoms with E-state index in [0.717, 1.165) is 45.9 Å². The van der Waals surface area contributed by atoms with Gasteiger partial charge in [0.1, 0.15) is 0 Å². The van der Waals surface area contributed by atoms with Gasteiger partial charge in [-0.05, 0) is 71.6 Å². The number of hydrogen-bond donors (Lipinski definition) is 2. The van der Waals surface area contributed by atoms with Crippen LogP contribution in [0.3, 0.4) is 0 Å². The van der Waals surface area contributed by atoms with Gasteiger partial charge < -0.3 is 20.2 Å². The Morgan fingerprint density at radius 1 is 1.15 bits per heavy atom. The third-order valence-electron chi connectivity index (χ3n) is 4.49. The molecule has 138 valence electrons. The van der Waals surface area contributed by atoms with Crippen LogP contribution in [0.15, 0.2) is 34.8 Å². The van der Waals surface area contributed by atoms with Crippen molar-refractivity contribution in [3.05, 3.63) is 45.4 Å². The van der Waals surface area contributed by atoms with Crippen molar-refractivity contribution in [1.82, 2.24) is 4.98 Å². The number of H-pyrrole nitrogens is 1. The molecule has 6 heteroatoms. The van der Waals surface area contributed by atoms with Crippen molar-refractivity contribution >= 4 is 38.4 Å². The Bertz CT molecular complexity index is 924. The van der Waals surface area contributed by atoms with E-state index in [2.05, 4.69) is 20.9 Å². The Hall–Kier alpha value is -1.69. The van der Waals surface area contributed by atoms with E-state index in [9.17, 15) is 0 Å². The Morgan fingerprint density at radius 3 is 2.65 bits per heavy atom. The Labute approximate surface area is 166 Å². The minimum atomic E-state index is 0.685. The summed E-state index contributed by atoms with van der Waals surface area (Å²) in [5, 5.41) is 1.81. The van der Waals surface area contributed by atoms with E-state index < -0.39 is 0 Å². The summed E-state index contributed by atoms with van der Waals surface area (Å²) in [6, 6.07) is 9.80. The predicted molar refractivity (Wildman–Crippen MR) is 112 cm³/mol. The molecule has 0 saturated heterocycles. The van der Waals surface area contributed by atoms with Gasteiger partial charge in [-0.2, -0.15) is 0 Å². The fraction of sp³-hybridized carbons (Fsp3) is 0.300. The second-order valence-corrected chi connectivity index (χ2v) is 7.37. The van der Waals surface area contributed by atoms with E-state index in [0.29, 0.717) is 23.1 Å². The number of aryl methyl sites for hydroxylation is 1. The fourth-order valence-electron chi connectivity index (χ4n) is 3.29. The maximum atomic E-state index is 6.31. The molecule has 0 aliphatic rings. The zero-order valence-corrected chi connectivity index (χ0v) is 17.2. The van der Waals surface area contributed by atoms with Crippen molar-refractivity contribution in [2.45, 2.75) is 19.3 Å². The highest BCUT2D eigenvalue weighted by molar-refractivity contribution is 9.10. The molecule has 0 amide bonds. The number of fused-ring (bicyclic) bond motifs is 1. The smallest absolute Gasteiger partial charge is 0.170 e. The molecule has 4 nitrogen and oxygen atoms in total. The Balaban J connectivity index is 2.25. The van der Waals surface area contributed by atoms with Gasteiger partial charge in [0.05, 0.1) is 25.4 Å². The lowest BCUT2D eigenvalue weighted by atomic mass is 9.99. The highest BCUT2D eigenvalue weighted by Crippen LogP contribution is 2.43. The number of para-hydroxylation sites is 1. The molecule has 0 aliphatic carbocycles. The molecule has 0 atom stereocenters. The Kier molecular flexibility index (Phi) is 6.12. The topological polar surface area (TPSA) is 60.3 Å². The van der Waals surface area contributed by atoms with Gasteiger partial charge in [0.25, 0.3) is 0 Å². The maximum absolute atomic E-state index is 6.31. The Morgan fingerprint density at radius 2 is 1.96 bits per heavy atom. The van der Waals surface area contributed by atoms with Crippen molar-refractivity contribution < 1.29 is 9.47 Å². The summed E-state index contributed by atoms with van der Waals surface area (Å²) in [5.41, 5.74) is 9.92. The van der Waals surface area contributed by atoms with Gasteiger partial charge in [-0.3, -0.25) is 0 Å². The van der Waals surface area contributed by atoms with E-state index in [4.69, 9.17) is 26.8 Å². The first-order chi connectivity index (χ1) is 12.6. The minimum Gasteiger partial charge on any atom is -0.493 e. The van der Waals surface area contributed by atoms with Crippen LogP contribution >= 0.6 is 27.5 Å². The lowest BCUT2D eigenvalue weighted by molar-refractivity contribution is 0.356. The number of aromatic amines is 1. The normalized spacial score (nSPS) is 11.1. The molecule has 0 radical (unpaired) electrons. The van der Waals surface area contributed by atoms with Crippen molar-refractivity contribution in [2.24, 2.45) is 5.73 Å². The highest BCUT2D eigenvalue weighted by atomic mass is 79.9. The van der Waals surface area contributed by atoms with Crippen LogP contribution in [0.2, 0.25) is 5.02 Å². The third-order valence-corrected chi connectivity index (χ3v) is 5.33. The fourth-order valence-corrected chi connectivity index (χ4v) is 4.20. The summed E-state index contributed by atoms with van der Waals surface area (Å²) in [5.74, 6) is 1.41. The second-order valence-electron chi connectivity index (χ2n) is 6.08. The van der Waals surface area contributed by atoms with Crippen molar-refractivity contribution in [2.75, 3.05) is 20.8 Å². The number of benzene rings is 2. The lowest BCUT2D eigenvalue weighted by Gasteiger charge is -2.13. The van der Waals surface area contributed by atoms with Gasteiger partial charge >= 0.3 is 0 Å². The molecular formula is C20H22BrClN2O2. The molecule has 0 spiro atoms. The molecule has 3 aromatic rings. The third kappa shape index (κ3) is 3.56. The summed E-state index contributed by atoms with van der Waals surface area (Å²) >= 11 is 9.93. The van der Waals surface area contributed by atoms with Crippen LogP contribution < -0.4 is 15.2 Å². The van der Waals surface area contributed by atoms with Crippen molar-refractivity contribution in [1.29, 1.82) is 0 Å².